The van der Waals surface area contributed by atoms with Crippen molar-refractivity contribution >= 4 is 25.7 Å². The summed E-state index contributed by atoms with van der Waals surface area (Å²) in [7, 11) is -4.72. The number of ether oxygens (including phenoxy) is 2. The van der Waals surface area contributed by atoms with Crippen LogP contribution >= 0.6 is 7.82 Å². The molecule has 0 rings (SSSR count). The molecule has 0 aliphatic rings. The molecule has 332 valence electrons. The molecular formula is C45H82NO10P. The molecule has 4 N–H and O–H groups in total. The Hall–Kier alpha value is -2.30. The Morgan fingerprint density at radius 2 is 0.982 bits per heavy atom. The van der Waals surface area contributed by atoms with Crippen LogP contribution in [0.1, 0.15) is 200 Å². The molecule has 0 amide bonds. The SMILES string of the molecule is CC/C=C\C/C=C\C/C=C\CCCCCCCC(=O)O[C@H](COC(=O)CCCCCCCCCCCCCCCCCCCC)COP(=O)(O)OC[C@H](N)C(=O)O. The van der Waals surface area contributed by atoms with Crippen molar-refractivity contribution < 1.29 is 47.5 Å². The standard InChI is InChI=1S/C45H82NO10P/c1-3-5-7-9-11-13-15-17-19-20-21-23-24-26-28-30-32-34-36-43(47)53-38-41(39-54-57(51,52)55-40-42(46)45(49)50)56-44(48)37-35-33-31-29-27-25-22-18-16-14-12-10-8-6-4-2/h6,8,12,14,18,22,41-42H,3-5,7,9-11,13,15-17,19-21,23-40,46H2,1-2H3,(H,49,50)(H,51,52)/b8-6-,14-12-,22-18-/t41-,42+/m1/s1. The van der Waals surface area contributed by atoms with Crippen molar-refractivity contribution in [2.24, 2.45) is 5.73 Å². The molecule has 0 heterocycles. The van der Waals surface area contributed by atoms with Gasteiger partial charge < -0.3 is 25.2 Å². The number of carboxylic acid groups (broad SMARTS) is 1. The van der Waals surface area contributed by atoms with Crippen LogP contribution in [0.5, 0.6) is 0 Å². The highest BCUT2D eigenvalue weighted by Gasteiger charge is 2.28. The van der Waals surface area contributed by atoms with Gasteiger partial charge >= 0.3 is 25.7 Å². The number of rotatable bonds is 42. The summed E-state index contributed by atoms with van der Waals surface area (Å²) in [6.07, 6.45) is 43.5. The topological polar surface area (TPSA) is 172 Å². The van der Waals surface area contributed by atoms with E-state index in [4.69, 9.17) is 24.8 Å². The number of aliphatic carboxylic acids is 1. The average molecular weight is 828 g/mol. The number of esters is 2. The minimum Gasteiger partial charge on any atom is -0.480 e. The van der Waals surface area contributed by atoms with Crippen molar-refractivity contribution in [3.05, 3.63) is 36.5 Å². The second-order valence-electron chi connectivity index (χ2n) is 15.2. The number of carbonyl (C=O) groups is 3. The first-order valence-corrected chi connectivity index (χ1v) is 24.0. The third-order valence-corrected chi connectivity index (χ3v) is 10.6. The molecule has 11 nitrogen and oxygen atoms in total. The van der Waals surface area contributed by atoms with Gasteiger partial charge in [0.25, 0.3) is 0 Å². The number of hydrogen-bond donors (Lipinski definition) is 3. The molecule has 0 aromatic heterocycles. The summed E-state index contributed by atoms with van der Waals surface area (Å²) >= 11 is 0. The van der Waals surface area contributed by atoms with Gasteiger partial charge in [0, 0.05) is 12.8 Å². The van der Waals surface area contributed by atoms with Crippen molar-refractivity contribution in [1.29, 1.82) is 0 Å². The summed E-state index contributed by atoms with van der Waals surface area (Å²) in [6.45, 7) is 2.69. The molecule has 57 heavy (non-hydrogen) atoms. The van der Waals surface area contributed by atoms with Crippen molar-refractivity contribution in [3.63, 3.8) is 0 Å². The zero-order valence-corrected chi connectivity index (χ0v) is 36.8. The third-order valence-electron chi connectivity index (χ3n) is 9.65. The van der Waals surface area contributed by atoms with E-state index in [1.165, 1.54) is 89.9 Å². The number of allylic oxidation sites excluding steroid dienone is 6. The number of phosphoric acid groups is 1. The Labute approximate surface area is 346 Å². The van der Waals surface area contributed by atoms with Gasteiger partial charge in [-0.05, 0) is 44.9 Å². The van der Waals surface area contributed by atoms with E-state index in [2.05, 4.69) is 54.8 Å². The maximum Gasteiger partial charge on any atom is 0.472 e. The highest BCUT2D eigenvalue weighted by Crippen LogP contribution is 2.43. The molecule has 3 atom stereocenters. The van der Waals surface area contributed by atoms with Gasteiger partial charge in [-0.15, -0.1) is 0 Å². The highest BCUT2D eigenvalue weighted by molar-refractivity contribution is 7.47. The number of carboxylic acids is 1. The summed E-state index contributed by atoms with van der Waals surface area (Å²) in [4.78, 5) is 46.0. The van der Waals surface area contributed by atoms with Crippen molar-refractivity contribution in [3.8, 4) is 0 Å². The predicted octanol–water partition coefficient (Wildman–Crippen LogP) is 12.0. The maximum atomic E-state index is 12.6. The number of carbonyl (C=O) groups excluding carboxylic acids is 2. The van der Waals surface area contributed by atoms with Crippen LogP contribution in [-0.2, 0) is 37.5 Å². The summed E-state index contributed by atoms with van der Waals surface area (Å²) in [6, 6.07) is -1.52. The number of hydrogen-bond acceptors (Lipinski definition) is 9. The summed E-state index contributed by atoms with van der Waals surface area (Å²) in [5.74, 6) is -2.39. The lowest BCUT2D eigenvalue weighted by atomic mass is 10.0. The zero-order chi connectivity index (χ0) is 42.1. The van der Waals surface area contributed by atoms with Gasteiger partial charge in [-0.2, -0.15) is 0 Å². The van der Waals surface area contributed by atoms with Crippen molar-refractivity contribution in [1.82, 2.24) is 0 Å². The molecule has 1 unspecified atom stereocenters. The molecule has 0 fully saturated rings. The number of phosphoric ester groups is 1. The maximum absolute atomic E-state index is 12.6. The molecule has 0 saturated carbocycles. The fourth-order valence-corrected chi connectivity index (χ4v) is 6.92. The Bertz CT molecular complexity index is 1110. The average Bonchev–Trinajstić information content (AvgIpc) is 3.19. The first-order chi connectivity index (χ1) is 27.6. The van der Waals surface area contributed by atoms with Crippen LogP contribution in [-0.4, -0.2) is 59.9 Å². The van der Waals surface area contributed by atoms with Crippen LogP contribution < -0.4 is 5.73 Å². The molecule has 0 aliphatic heterocycles. The Balaban J connectivity index is 4.32. The monoisotopic (exact) mass is 828 g/mol. The summed E-state index contributed by atoms with van der Waals surface area (Å²) in [5, 5.41) is 8.89. The van der Waals surface area contributed by atoms with E-state index in [-0.39, 0.29) is 19.4 Å². The van der Waals surface area contributed by atoms with Crippen molar-refractivity contribution in [2.75, 3.05) is 19.8 Å². The molecule has 0 aliphatic carbocycles. The van der Waals surface area contributed by atoms with E-state index < -0.39 is 51.1 Å². The second-order valence-corrected chi connectivity index (χ2v) is 16.6. The van der Waals surface area contributed by atoms with Crippen LogP contribution in [0.3, 0.4) is 0 Å². The fraction of sp³-hybridized carbons (Fsp3) is 0.800. The number of nitrogens with two attached hydrogens (primary N) is 1. The van der Waals surface area contributed by atoms with Gasteiger partial charge in [0.1, 0.15) is 12.6 Å². The van der Waals surface area contributed by atoms with E-state index in [0.717, 1.165) is 70.6 Å². The molecule has 0 bridgehead atoms. The lowest BCUT2D eigenvalue weighted by Gasteiger charge is -2.20. The zero-order valence-electron chi connectivity index (χ0n) is 35.9. The normalized spacial score (nSPS) is 14.0. The van der Waals surface area contributed by atoms with E-state index in [9.17, 15) is 23.8 Å². The summed E-state index contributed by atoms with van der Waals surface area (Å²) in [5.41, 5.74) is 5.33. The molecule has 12 heteroatoms. The van der Waals surface area contributed by atoms with Gasteiger partial charge in [0.15, 0.2) is 6.10 Å². The van der Waals surface area contributed by atoms with Gasteiger partial charge in [0.05, 0.1) is 13.2 Å². The van der Waals surface area contributed by atoms with Crippen LogP contribution in [0, 0.1) is 0 Å². The molecular weight excluding hydrogens is 745 g/mol. The lowest BCUT2D eigenvalue weighted by Crippen LogP contribution is -2.34. The lowest BCUT2D eigenvalue weighted by molar-refractivity contribution is -0.161. The van der Waals surface area contributed by atoms with E-state index in [1.54, 1.807) is 0 Å². The van der Waals surface area contributed by atoms with Gasteiger partial charge in [-0.25, -0.2) is 4.57 Å². The van der Waals surface area contributed by atoms with Crippen LogP contribution in [0.2, 0.25) is 0 Å². The van der Waals surface area contributed by atoms with E-state index in [0.29, 0.717) is 12.8 Å². The van der Waals surface area contributed by atoms with Gasteiger partial charge in [0.2, 0.25) is 0 Å². The molecule has 0 aromatic rings. The number of unbranched alkanes of at least 4 members (excludes halogenated alkanes) is 22. The first-order valence-electron chi connectivity index (χ1n) is 22.5. The Morgan fingerprint density at radius 1 is 0.561 bits per heavy atom. The van der Waals surface area contributed by atoms with E-state index in [1.807, 2.05) is 0 Å². The molecule has 0 aromatic carbocycles. The molecule has 0 radical (unpaired) electrons. The fourth-order valence-electron chi connectivity index (χ4n) is 6.14. The minimum absolute atomic E-state index is 0.143. The quantitative estimate of drug-likeness (QED) is 0.0231. The van der Waals surface area contributed by atoms with E-state index >= 15 is 0 Å². The smallest absolute Gasteiger partial charge is 0.472 e. The Morgan fingerprint density at radius 3 is 1.47 bits per heavy atom. The van der Waals surface area contributed by atoms with Gasteiger partial charge in [-0.1, -0.05) is 179 Å². The van der Waals surface area contributed by atoms with Crippen molar-refractivity contribution in [2.45, 2.75) is 212 Å². The predicted molar refractivity (Wildman–Crippen MR) is 231 cm³/mol. The molecule has 0 saturated heterocycles. The minimum atomic E-state index is -4.72. The largest absolute Gasteiger partial charge is 0.480 e. The first kappa shape index (κ1) is 54.7. The third kappa shape index (κ3) is 40.3. The summed E-state index contributed by atoms with van der Waals surface area (Å²) < 4.78 is 32.7. The van der Waals surface area contributed by atoms with Crippen LogP contribution in [0.4, 0.5) is 0 Å². The highest BCUT2D eigenvalue weighted by atomic mass is 31.2. The van der Waals surface area contributed by atoms with Crippen LogP contribution in [0.25, 0.3) is 0 Å². The van der Waals surface area contributed by atoms with Crippen LogP contribution in [0.15, 0.2) is 36.5 Å². The van der Waals surface area contributed by atoms with Gasteiger partial charge in [-0.3, -0.25) is 23.4 Å². The molecule has 0 spiro atoms. The second kappa shape index (κ2) is 40.5. The Kier molecular flexibility index (Phi) is 38.8.